The van der Waals surface area contributed by atoms with E-state index in [9.17, 15) is 0 Å². The van der Waals surface area contributed by atoms with Crippen LogP contribution in [0.15, 0.2) is 54.9 Å². The quantitative estimate of drug-likeness (QED) is 0.530. The maximum Gasteiger partial charge on any atom is 0.163 e. The van der Waals surface area contributed by atoms with Crippen molar-refractivity contribution in [2.75, 3.05) is 5.32 Å². The lowest BCUT2D eigenvalue weighted by Crippen LogP contribution is -2.03. The van der Waals surface area contributed by atoms with Gasteiger partial charge in [0.1, 0.15) is 10.6 Å². The van der Waals surface area contributed by atoms with Crippen LogP contribution in [0.2, 0.25) is 5.02 Å². The van der Waals surface area contributed by atoms with Gasteiger partial charge < -0.3 is 5.32 Å². The molecule has 0 amide bonds. The number of halogens is 1. The molecule has 3 aromatic heterocycles. The average Bonchev–Trinajstić information content (AvgIpc) is 2.95. The lowest BCUT2D eigenvalue weighted by molar-refractivity contribution is 1.11. The van der Waals surface area contributed by atoms with Gasteiger partial charge in [0.15, 0.2) is 5.82 Å². The number of nitrogens with zero attached hydrogens (tertiary/aromatic N) is 3. The number of benzene rings is 1. The van der Waals surface area contributed by atoms with Gasteiger partial charge in [0.25, 0.3) is 0 Å². The SMILES string of the molecule is Cc1sc2nc(-c3ccncc3)nc(NCc3ccccc3)c2c1Cl. The second-order valence-electron chi connectivity index (χ2n) is 5.62. The van der Waals surface area contributed by atoms with Crippen LogP contribution >= 0.6 is 22.9 Å². The fraction of sp³-hybridized carbons (Fsp3) is 0.105. The van der Waals surface area contributed by atoms with Crippen LogP contribution in [0.4, 0.5) is 5.82 Å². The first-order valence-corrected chi connectivity index (χ1v) is 9.06. The van der Waals surface area contributed by atoms with E-state index in [1.54, 1.807) is 23.7 Å². The number of aromatic nitrogens is 3. The molecule has 0 atom stereocenters. The van der Waals surface area contributed by atoms with Gasteiger partial charge in [-0.1, -0.05) is 41.9 Å². The van der Waals surface area contributed by atoms with Crippen molar-refractivity contribution >= 4 is 39.0 Å². The summed E-state index contributed by atoms with van der Waals surface area (Å²) in [5.74, 6) is 1.43. The zero-order valence-electron chi connectivity index (χ0n) is 13.5. The highest BCUT2D eigenvalue weighted by Crippen LogP contribution is 2.38. The van der Waals surface area contributed by atoms with Crippen molar-refractivity contribution in [1.29, 1.82) is 0 Å². The summed E-state index contributed by atoms with van der Waals surface area (Å²) < 4.78 is 0. The van der Waals surface area contributed by atoms with Gasteiger partial charge in [-0.05, 0) is 24.6 Å². The minimum atomic E-state index is 0.670. The molecule has 0 bridgehead atoms. The summed E-state index contributed by atoms with van der Waals surface area (Å²) in [4.78, 5) is 15.4. The Bertz CT molecular complexity index is 1020. The average molecular weight is 367 g/mol. The molecule has 4 aromatic rings. The van der Waals surface area contributed by atoms with Crippen LogP contribution in [0.5, 0.6) is 0 Å². The molecule has 0 spiro atoms. The van der Waals surface area contributed by atoms with Crippen LogP contribution in [0.25, 0.3) is 21.6 Å². The smallest absolute Gasteiger partial charge is 0.163 e. The molecule has 3 heterocycles. The molecular weight excluding hydrogens is 352 g/mol. The molecule has 124 valence electrons. The summed E-state index contributed by atoms with van der Waals surface area (Å²) in [6, 6.07) is 14.0. The Morgan fingerprint density at radius 2 is 1.80 bits per heavy atom. The summed E-state index contributed by atoms with van der Waals surface area (Å²) in [7, 11) is 0. The zero-order chi connectivity index (χ0) is 17.2. The fourth-order valence-electron chi connectivity index (χ4n) is 2.62. The first-order valence-electron chi connectivity index (χ1n) is 7.87. The van der Waals surface area contributed by atoms with Gasteiger partial charge in [0.2, 0.25) is 0 Å². The van der Waals surface area contributed by atoms with Gasteiger partial charge in [-0.3, -0.25) is 4.98 Å². The van der Waals surface area contributed by atoms with E-state index in [-0.39, 0.29) is 0 Å². The molecular formula is C19H15ClN4S. The van der Waals surface area contributed by atoms with Gasteiger partial charge in [0, 0.05) is 29.4 Å². The Hall–Kier alpha value is -2.50. The van der Waals surface area contributed by atoms with Gasteiger partial charge in [-0.25, -0.2) is 9.97 Å². The van der Waals surface area contributed by atoms with Crippen molar-refractivity contribution in [3.63, 3.8) is 0 Å². The number of thiophene rings is 1. The monoisotopic (exact) mass is 366 g/mol. The summed E-state index contributed by atoms with van der Waals surface area (Å²) >= 11 is 8.09. The number of rotatable bonds is 4. The van der Waals surface area contributed by atoms with Gasteiger partial charge in [0.05, 0.1) is 10.4 Å². The van der Waals surface area contributed by atoms with Crippen LogP contribution in [0.1, 0.15) is 10.4 Å². The molecule has 0 aliphatic rings. The molecule has 4 rings (SSSR count). The molecule has 1 aromatic carbocycles. The zero-order valence-corrected chi connectivity index (χ0v) is 15.1. The van der Waals surface area contributed by atoms with E-state index in [1.807, 2.05) is 37.3 Å². The van der Waals surface area contributed by atoms with Crippen molar-refractivity contribution in [3.05, 3.63) is 70.3 Å². The largest absolute Gasteiger partial charge is 0.365 e. The van der Waals surface area contributed by atoms with Crippen molar-refractivity contribution < 1.29 is 0 Å². The summed E-state index contributed by atoms with van der Waals surface area (Å²) in [6.07, 6.45) is 3.49. The van der Waals surface area contributed by atoms with Crippen LogP contribution in [0.3, 0.4) is 0 Å². The number of anilines is 1. The second kappa shape index (κ2) is 6.78. The Labute approximate surface area is 154 Å². The third kappa shape index (κ3) is 3.21. The van der Waals surface area contributed by atoms with Crippen molar-refractivity contribution in [1.82, 2.24) is 15.0 Å². The molecule has 0 aliphatic heterocycles. The van der Waals surface area contributed by atoms with Crippen molar-refractivity contribution in [2.24, 2.45) is 0 Å². The molecule has 0 radical (unpaired) electrons. The van der Waals surface area contributed by atoms with Crippen LogP contribution in [-0.4, -0.2) is 15.0 Å². The van der Waals surface area contributed by atoms with Gasteiger partial charge in [-0.15, -0.1) is 11.3 Å². The van der Waals surface area contributed by atoms with Crippen molar-refractivity contribution in [2.45, 2.75) is 13.5 Å². The van der Waals surface area contributed by atoms with E-state index in [4.69, 9.17) is 21.6 Å². The highest BCUT2D eigenvalue weighted by Gasteiger charge is 2.16. The first-order chi connectivity index (χ1) is 12.2. The van der Waals surface area contributed by atoms with E-state index in [1.165, 1.54) is 5.56 Å². The molecule has 4 nitrogen and oxygen atoms in total. The normalized spacial score (nSPS) is 11.0. The number of hydrogen-bond acceptors (Lipinski definition) is 5. The lowest BCUT2D eigenvalue weighted by Gasteiger charge is -2.09. The predicted molar refractivity (Wildman–Crippen MR) is 104 cm³/mol. The van der Waals surface area contributed by atoms with E-state index in [0.29, 0.717) is 12.4 Å². The molecule has 1 N–H and O–H groups in total. The number of nitrogens with one attached hydrogen (secondary N) is 1. The van der Waals surface area contributed by atoms with Crippen molar-refractivity contribution in [3.8, 4) is 11.4 Å². The highest BCUT2D eigenvalue weighted by atomic mass is 35.5. The van der Waals surface area contributed by atoms with Crippen LogP contribution in [-0.2, 0) is 6.54 Å². The maximum absolute atomic E-state index is 6.51. The Balaban J connectivity index is 1.80. The summed E-state index contributed by atoms with van der Waals surface area (Å²) in [5, 5.41) is 5.03. The van der Waals surface area contributed by atoms with Gasteiger partial charge >= 0.3 is 0 Å². The molecule has 0 saturated carbocycles. The molecule has 0 unspecified atom stereocenters. The first kappa shape index (κ1) is 16.0. The van der Waals surface area contributed by atoms with E-state index >= 15 is 0 Å². The van der Waals surface area contributed by atoms with E-state index in [2.05, 4.69) is 22.4 Å². The lowest BCUT2D eigenvalue weighted by atomic mass is 10.2. The summed E-state index contributed by atoms with van der Waals surface area (Å²) in [5.41, 5.74) is 2.12. The fourth-order valence-corrected chi connectivity index (χ4v) is 3.88. The molecule has 0 fully saturated rings. The van der Waals surface area contributed by atoms with Crippen LogP contribution < -0.4 is 5.32 Å². The predicted octanol–water partition coefficient (Wildman–Crippen LogP) is 5.33. The third-order valence-corrected chi connectivity index (χ3v) is 5.48. The Morgan fingerprint density at radius 1 is 1.04 bits per heavy atom. The topological polar surface area (TPSA) is 50.7 Å². The third-order valence-electron chi connectivity index (χ3n) is 3.90. The minimum absolute atomic E-state index is 0.670. The van der Waals surface area contributed by atoms with Gasteiger partial charge in [-0.2, -0.15) is 0 Å². The molecule has 0 aliphatic carbocycles. The molecule has 25 heavy (non-hydrogen) atoms. The standard InChI is InChI=1S/C19H15ClN4S/c1-12-16(20)15-18(22-11-13-5-3-2-4-6-13)23-17(24-19(15)25-12)14-7-9-21-10-8-14/h2-10H,11H2,1H3,(H,22,23,24). The Morgan fingerprint density at radius 3 is 2.56 bits per heavy atom. The molecule has 0 saturated heterocycles. The van der Waals surface area contributed by atoms with E-state index in [0.717, 1.165) is 31.5 Å². The Kier molecular flexibility index (Phi) is 4.34. The minimum Gasteiger partial charge on any atom is -0.365 e. The number of pyridine rings is 1. The molecule has 6 heteroatoms. The number of hydrogen-bond donors (Lipinski definition) is 1. The number of aryl methyl sites for hydroxylation is 1. The number of fused-ring (bicyclic) bond motifs is 1. The van der Waals surface area contributed by atoms with Crippen LogP contribution in [0, 0.1) is 6.92 Å². The maximum atomic E-state index is 6.51. The summed E-state index contributed by atoms with van der Waals surface area (Å²) in [6.45, 7) is 2.68. The van der Waals surface area contributed by atoms with E-state index < -0.39 is 0 Å². The highest BCUT2D eigenvalue weighted by molar-refractivity contribution is 7.19. The second-order valence-corrected chi connectivity index (χ2v) is 7.20.